The standard InChI is InChI=1S/C17H19BrFN/c1-3-12-4-7-14(8-5-12)17(20-2)11-13-6-9-16(19)15(18)10-13/h4-10,17,20H,3,11H2,1-2H3. The number of rotatable bonds is 5. The van der Waals surface area contributed by atoms with Gasteiger partial charge >= 0.3 is 0 Å². The summed E-state index contributed by atoms with van der Waals surface area (Å²) < 4.78 is 13.8. The molecule has 2 aromatic rings. The normalized spacial score (nSPS) is 12.4. The molecule has 1 atom stereocenters. The highest BCUT2D eigenvalue weighted by Crippen LogP contribution is 2.22. The Labute approximate surface area is 128 Å². The SMILES string of the molecule is CCc1ccc(C(Cc2ccc(F)c(Br)c2)NC)cc1. The summed E-state index contributed by atoms with van der Waals surface area (Å²) >= 11 is 3.24. The quantitative estimate of drug-likeness (QED) is 0.838. The zero-order valence-electron chi connectivity index (χ0n) is 11.8. The molecule has 0 heterocycles. The predicted molar refractivity (Wildman–Crippen MR) is 85.4 cm³/mol. The molecule has 0 aliphatic carbocycles. The molecule has 1 nitrogen and oxygen atoms in total. The van der Waals surface area contributed by atoms with Gasteiger partial charge in [-0.05, 0) is 64.6 Å². The van der Waals surface area contributed by atoms with Crippen molar-refractivity contribution in [3.63, 3.8) is 0 Å². The van der Waals surface area contributed by atoms with Crippen molar-refractivity contribution in [2.24, 2.45) is 0 Å². The summed E-state index contributed by atoms with van der Waals surface area (Å²) in [6.07, 6.45) is 1.89. The fourth-order valence-electron chi connectivity index (χ4n) is 2.27. The minimum atomic E-state index is -0.220. The molecule has 0 aromatic heterocycles. The lowest BCUT2D eigenvalue weighted by molar-refractivity contribution is 0.587. The highest BCUT2D eigenvalue weighted by Gasteiger charge is 2.11. The number of hydrogen-bond acceptors (Lipinski definition) is 1. The molecule has 0 radical (unpaired) electrons. The Bertz CT molecular complexity index is 566. The van der Waals surface area contributed by atoms with Crippen LogP contribution in [-0.4, -0.2) is 7.05 Å². The van der Waals surface area contributed by atoms with Crippen LogP contribution >= 0.6 is 15.9 Å². The van der Waals surface area contributed by atoms with Gasteiger partial charge in [-0.2, -0.15) is 0 Å². The number of hydrogen-bond donors (Lipinski definition) is 1. The first-order chi connectivity index (χ1) is 9.63. The fraction of sp³-hybridized carbons (Fsp3) is 0.294. The first kappa shape index (κ1) is 15.2. The molecule has 3 heteroatoms. The Morgan fingerprint density at radius 1 is 1.10 bits per heavy atom. The first-order valence-electron chi connectivity index (χ1n) is 6.84. The zero-order chi connectivity index (χ0) is 14.5. The van der Waals surface area contributed by atoms with Crippen LogP contribution in [0, 0.1) is 5.82 Å². The van der Waals surface area contributed by atoms with Crippen LogP contribution in [0.3, 0.4) is 0 Å². The van der Waals surface area contributed by atoms with Crippen molar-refractivity contribution in [3.8, 4) is 0 Å². The zero-order valence-corrected chi connectivity index (χ0v) is 13.4. The Balaban J connectivity index is 2.16. The first-order valence-corrected chi connectivity index (χ1v) is 7.63. The van der Waals surface area contributed by atoms with E-state index < -0.39 is 0 Å². The third-order valence-corrected chi connectivity index (χ3v) is 4.17. The van der Waals surface area contributed by atoms with E-state index in [1.807, 2.05) is 19.2 Å². The van der Waals surface area contributed by atoms with Crippen molar-refractivity contribution in [3.05, 3.63) is 69.4 Å². The summed E-state index contributed by atoms with van der Waals surface area (Å²) in [5, 5.41) is 3.33. The van der Waals surface area contributed by atoms with Gasteiger partial charge in [0.2, 0.25) is 0 Å². The molecule has 0 aliphatic rings. The average Bonchev–Trinajstić information content (AvgIpc) is 2.48. The molecule has 106 valence electrons. The van der Waals surface area contributed by atoms with Gasteiger partial charge in [0.15, 0.2) is 0 Å². The fourth-order valence-corrected chi connectivity index (χ4v) is 2.70. The van der Waals surface area contributed by atoms with E-state index in [4.69, 9.17) is 0 Å². The van der Waals surface area contributed by atoms with Gasteiger partial charge in [-0.25, -0.2) is 4.39 Å². The van der Waals surface area contributed by atoms with Crippen LogP contribution in [0.25, 0.3) is 0 Å². The van der Waals surface area contributed by atoms with E-state index in [1.54, 1.807) is 0 Å². The molecular formula is C17H19BrFN. The molecule has 2 aromatic carbocycles. The number of aryl methyl sites for hydroxylation is 1. The van der Waals surface area contributed by atoms with Crippen molar-refractivity contribution in [1.29, 1.82) is 0 Å². The average molecular weight is 336 g/mol. The topological polar surface area (TPSA) is 12.0 Å². The third-order valence-electron chi connectivity index (χ3n) is 3.56. The molecule has 0 spiro atoms. The molecule has 0 aliphatic heterocycles. The summed E-state index contributed by atoms with van der Waals surface area (Å²) in [4.78, 5) is 0. The molecule has 2 rings (SSSR count). The van der Waals surface area contributed by atoms with Crippen LogP contribution in [0.15, 0.2) is 46.9 Å². The Kier molecular flexibility index (Phi) is 5.32. The molecule has 1 unspecified atom stereocenters. The lowest BCUT2D eigenvalue weighted by Gasteiger charge is -2.17. The molecule has 1 N–H and O–H groups in total. The second-order valence-electron chi connectivity index (χ2n) is 4.89. The molecule has 0 fully saturated rings. The summed E-state index contributed by atoms with van der Waals surface area (Å²) in [7, 11) is 1.96. The van der Waals surface area contributed by atoms with Crippen LogP contribution in [0.2, 0.25) is 0 Å². The maximum Gasteiger partial charge on any atom is 0.137 e. The van der Waals surface area contributed by atoms with Gasteiger partial charge in [0.1, 0.15) is 5.82 Å². The number of halogens is 2. The van der Waals surface area contributed by atoms with Gasteiger partial charge in [-0.15, -0.1) is 0 Å². The van der Waals surface area contributed by atoms with E-state index >= 15 is 0 Å². The second-order valence-corrected chi connectivity index (χ2v) is 5.74. The van der Waals surface area contributed by atoms with E-state index in [0.717, 1.165) is 18.4 Å². The maximum atomic E-state index is 13.3. The van der Waals surface area contributed by atoms with Gasteiger partial charge in [0.05, 0.1) is 4.47 Å². The van der Waals surface area contributed by atoms with Crippen molar-refractivity contribution >= 4 is 15.9 Å². The van der Waals surface area contributed by atoms with Gasteiger partial charge in [-0.3, -0.25) is 0 Å². The Hall–Kier alpha value is -1.19. The van der Waals surface area contributed by atoms with Crippen molar-refractivity contribution in [2.75, 3.05) is 7.05 Å². The lowest BCUT2D eigenvalue weighted by Crippen LogP contribution is -2.18. The monoisotopic (exact) mass is 335 g/mol. The molecule has 0 saturated carbocycles. The van der Waals surface area contributed by atoms with Gasteiger partial charge in [-0.1, -0.05) is 37.3 Å². The van der Waals surface area contributed by atoms with Crippen molar-refractivity contribution < 1.29 is 4.39 Å². The van der Waals surface area contributed by atoms with E-state index in [-0.39, 0.29) is 11.9 Å². The summed E-state index contributed by atoms with van der Waals surface area (Å²) in [5.41, 5.74) is 3.70. The van der Waals surface area contributed by atoms with Crippen LogP contribution < -0.4 is 5.32 Å². The van der Waals surface area contributed by atoms with Gasteiger partial charge in [0.25, 0.3) is 0 Å². The summed E-state index contributed by atoms with van der Waals surface area (Å²) in [5.74, 6) is -0.220. The van der Waals surface area contributed by atoms with E-state index in [9.17, 15) is 4.39 Å². The lowest BCUT2D eigenvalue weighted by atomic mass is 9.97. The predicted octanol–water partition coefficient (Wildman–Crippen LogP) is 4.65. The maximum absolute atomic E-state index is 13.3. The van der Waals surface area contributed by atoms with Crippen LogP contribution in [0.1, 0.15) is 29.7 Å². The Morgan fingerprint density at radius 2 is 1.75 bits per heavy atom. The molecule has 0 bridgehead atoms. The smallest absolute Gasteiger partial charge is 0.137 e. The molecule has 20 heavy (non-hydrogen) atoms. The molecule has 0 saturated heterocycles. The van der Waals surface area contributed by atoms with E-state index in [0.29, 0.717) is 4.47 Å². The number of likely N-dealkylation sites (N-methyl/N-ethyl adjacent to an activating group) is 1. The third kappa shape index (κ3) is 3.68. The summed E-state index contributed by atoms with van der Waals surface area (Å²) in [6, 6.07) is 14.1. The molecule has 0 amide bonds. The number of benzene rings is 2. The largest absolute Gasteiger partial charge is 0.313 e. The minimum Gasteiger partial charge on any atom is -0.313 e. The van der Waals surface area contributed by atoms with Crippen LogP contribution in [-0.2, 0) is 12.8 Å². The second kappa shape index (κ2) is 7.00. The highest BCUT2D eigenvalue weighted by molar-refractivity contribution is 9.10. The Morgan fingerprint density at radius 3 is 2.30 bits per heavy atom. The van der Waals surface area contributed by atoms with Gasteiger partial charge in [0, 0.05) is 6.04 Å². The molecular weight excluding hydrogens is 317 g/mol. The number of nitrogens with one attached hydrogen (secondary N) is 1. The van der Waals surface area contributed by atoms with E-state index in [1.165, 1.54) is 17.2 Å². The minimum absolute atomic E-state index is 0.220. The van der Waals surface area contributed by atoms with E-state index in [2.05, 4.69) is 52.4 Å². The van der Waals surface area contributed by atoms with Gasteiger partial charge < -0.3 is 5.32 Å². The van der Waals surface area contributed by atoms with Crippen molar-refractivity contribution in [2.45, 2.75) is 25.8 Å². The van der Waals surface area contributed by atoms with Crippen LogP contribution in [0.5, 0.6) is 0 Å². The summed E-state index contributed by atoms with van der Waals surface area (Å²) in [6.45, 7) is 2.15. The highest BCUT2D eigenvalue weighted by atomic mass is 79.9. The van der Waals surface area contributed by atoms with Crippen molar-refractivity contribution in [1.82, 2.24) is 5.32 Å². The van der Waals surface area contributed by atoms with Crippen LogP contribution in [0.4, 0.5) is 4.39 Å².